The van der Waals surface area contributed by atoms with Crippen molar-refractivity contribution < 1.29 is 4.74 Å². The van der Waals surface area contributed by atoms with Crippen LogP contribution >= 0.6 is 0 Å². The predicted octanol–water partition coefficient (Wildman–Crippen LogP) is 2.64. The summed E-state index contributed by atoms with van der Waals surface area (Å²) in [5.41, 5.74) is 6.05. The topological polar surface area (TPSA) is 38.5 Å². The maximum atomic E-state index is 6.38. The fraction of sp³-hybridized carbons (Fsp3) is 1.00. The van der Waals surface area contributed by atoms with Crippen LogP contribution in [0.1, 0.15) is 53.9 Å². The van der Waals surface area contributed by atoms with Gasteiger partial charge in [0.2, 0.25) is 0 Å². The molecule has 108 valence electrons. The predicted molar refractivity (Wildman–Crippen MR) is 77.7 cm³/mol. The summed E-state index contributed by atoms with van der Waals surface area (Å²) in [5, 5.41) is 0. The quantitative estimate of drug-likeness (QED) is 0.743. The van der Waals surface area contributed by atoms with Crippen molar-refractivity contribution in [2.75, 3.05) is 20.1 Å². The Balaban J connectivity index is 2.54. The summed E-state index contributed by atoms with van der Waals surface area (Å²) in [7, 11) is 2.20. The first-order valence-electron chi connectivity index (χ1n) is 7.35. The van der Waals surface area contributed by atoms with Crippen LogP contribution in [0.3, 0.4) is 0 Å². The van der Waals surface area contributed by atoms with Gasteiger partial charge >= 0.3 is 0 Å². The third kappa shape index (κ3) is 3.69. The van der Waals surface area contributed by atoms with Crippen LogP contribution in [0, 0.1) is 5.92 Å². The van der Waals surface area contributed by atoms with Gasteiger partial charge in [-0.3, -0.25) is 0 Å². The molecule has 0 amide bonds. The van der Waals surface area contributed by atoms with Crippen molar-refractivity contribution in [2.45, 2.75) is 71.1 Å². The van der Waals surface area contributed by atoms with Gasteiger partial charge in [0.1, 0.15) is 0 Å². The van der Waals surface area contributed by atoms with Crippen LogP contribution in [0.4, 0.5) is 0 Å². The number of hydrogen-bond donors (Lipinski definition) is 1. The van der Waals surface area contributed by atoms with Crippen molar-refractivity contribution in [3.8, 4) is 0 Å². The molecular weight excluding hydrogens is 224 g/mol. The van der Waals surface area contributed by atoms with E-state index in [0.29, 0.717) is 5.92 Å². The van der Waals surface area contributed by atoms with E-state index in [1.807, 2.05) is 0 Å². The van der Waals surface area contributed by atoms with Gasteiger partial charge in [-0.25, -0.2) is 0 Å². The van der Waals surface area contributed by atoms with Crippen molar-refractivity contribution in [1.82, 2.24) is 4.90 Å². The standard InChI is InChI=1S/C15H32N2O/c1-7-8-9-10-17(6)11-12-13(16)15(4,5)18-14(12,2)3/h12-13H,7-11,16H2,1-6H3. The molecule has 1 aliphatic heterocycles. The monoisotopic (exact) mass is 256 g/mol. The number of nitrogens with two attached hydrogens (primary N) is 1. The summed E-state index contributed by atoms with van der Waals surface area (Å²) in [4.78, 5) is 2.41. The van der Waals surface area contributed by atoms with Crippen LogP contribution < -0.4 is 5.73 Å². The summed E-state index contributed by atoms with van der Waals surface area (Å²) in [6.07, 6.45) is 3.87. The van der Waals surface area contributed by atoms with E-state index < -0.39 is 0 Å². The highest BCUT2D eigenvalue weighted by Crippen LogP contribution is 2.41. The SMILES string of the molecule is CCCCCN(C)CC1C(N)C(C)(C)OC1(C)C. The lowest BCUT2D eigenvalue weighted by molar-refractivity contribution is -0.0780. The van der Waals surface area contributed by atoms with Crippen LogP contribution in [0.25, 0.3) is 0 Å². The largest absolute Gasteiger partial charge is 0.368 e. The van der Waals surface area contributed by atoms with Crippen molar-refractivity contribution in [3.63, 3.8) is 0 Å². The second-order valence-electron chi connectivity index (χ2n) is 6.91. The molecule has 1 fully saturated rings. The van der Waals surface area contributed by atoms with Crippen molar-refractivity contribution in [1.29, 1.82) is 0 Å². The average Bonchev–Trinajstić information content (AvgIpc) is 2.37. The van der Waals surface area contributed by atoms with E-state index in [0.717, 1.165) is 13.1 Å². The van der Waals surface area contributed by atoms with E-state index in [-0.39, 0.29) is 17.2 Å². The van der Waals surface area contributed by atoms with Gasteiger partial charge in [-0.1, -0.05) is 19.8 Å². The average molecular weight is 256 g/mol. The summed E-state index contributed by atoms with van der Waals surface area (Å²) in [6, 6.07) is 0.112. The van der Waals surface area contributed by atoms with E-state index in [1.54, 1.807) is 0 Å². The minimum atomic E-state index is -0.210. The molecule has 0 aromatic heterocycles. The minimum absolute atomic E-state index is 0.112. The molecule has 0 aromatic rings. The van der Waals surface area contributed by atoms with Crippen LogP contribution in [0.15, 0.2) is 0 Å². The maximum Gasteiger partial charge on any atom is 0.0788 e. The normalized spacial score (nSPS) is 30.0. The van der Waals surface area contributed by atoms with E-state index in [9.17, 15) is 0 Å². The summed E-state index contributed by atoms with van der Waals surface area (Å²) >= 11 is 0. The highest BCUT2D eigenvalue weighted by atomic mass is 16.5. The molecule has 2 atom stereocenters. The fourth-order valence-electron chi connectivity index (χ4n) is 3.13. The van der Waals surface area contributed by atoms with Gasteiger partial charge in [0.25, 0.3) is 0 Å². The molecule has 2 unspecified atom stereocenters. The Morgan fingerprint density at radius 1 is 1.11 bits per heavy atom. The zero-order chi connectivity index (χ0) is 14.0. The van der Waals surface area contributed by atoms with Gasteiger partial charge in [0.05, 0.1) is 11.2 Å². The number of rotatable bonds is 6. The Hall–Kier alpha value is -0.120. The highest BCUT2D eigenvalue weighted by molar-refractivity contribution is 5.04. The second-order valence-corrected chi connectivity index (χ2v) is 6.91. The molecule has 1 aliphatic rings. The molecule has 0 saturated carbocycles. The molecule has 18 heavy (non-hydrogen) atoms. The first-order chi connectivity index (χ1) is 8.20. The molecule has 0 radical (unpaired) electrons. The summed E-state index contributed by atoms with van der Waals surface area (Å²) in [6.45, 7) is 13.0. The van der Waals surface area contributed by atoms with Crippen LogP contribution in [0.5, 0.6) is 0 Å². The Bertz CT molecular complexity index is 263. The summed E-state index contributed by atoms with van der Waals surface area (Å²) in [5.74, 6) is 0.402. The Kier molecular flexibility index (Phi) is 5.22. The smallest absolute Gasteiger partial charge is 0.0788 e. The fourth-order valence-corrected chi connectivity index (χ4v) is 3.13. The van der Waals surface area contributed by atoms with Gasteiger partial charge in [-0.2, -0.15) is 0 Å². The van der Waals surface area contributed by atoms with Crippen molar-refractivity contribution in [2.24, 2.45) is 11.7 Å². The molecule has 1 rings (SSSR count). The van der Waals surface area contributed by atoms with Gasteiger partial charge in [0, 0.05) is 18.5 Å². The molecule has 0 aliphatic carbocycles. The molecular formula is C15H32N2O. The van der Waals surface area contributed by atoms with Crippen molar-refractivity contribution >= 4 is 0 Å². The zero-order valence-corrected chi connectivity index (χ0v) is 13.1. The lowest BCUT2D eigenvalue weighted by Crippen LogP contribution is -2.47. The number of nitrogens with zero attached hydrogens (tertiary/aromatic N) is 1. The van der Waals surface area contributed by atoms with E-state index >= 15 is 0 Å². The zero-order valence-electron chi connectivity index (χ0n) is 13.1. The van der Waals surface area contributed by atoms with Gasteiger partial charge < -0.3 is 15.4 Å². The lowest BCUT2D eigenvalue weighted by Gasteiger charge is -2.31. The van der Waals surface area contributed by atoms with Crippen molar-refractivity contribution in [3.05, 3.63) is 0 Å². The minimum Gasteiger partial charge on any atom is -0.368 e. The molecule has 0 bridgehead atoms. The third-order valence-electron chi connectivity index (χ3n) is 4.31. The van der Waals surface area contributed by atoms with E-state index in [1.165, 1.54) is 19.3 Å². The van der Waals surface area contributed by atoms with Crippen LogP contribution in [0.2, 0.25) is 0 Å². The molecule has 0 spiro atoms. The molecule has 3 heteroatoms. The number of unbranched alkanes of at least 4 members (excludes halogenated alkanes) is 2. The molecule has 0 aromatic carbocycles. The highest BCUT2D eigenvalue weighted by Gasteiger charge is 2.52. The maximum absolute atomic E-state index is 6.38. The Morgan fingerprint density at radius 3 is 2.17 bits per heavy atom. The van der Waals surface area contributed by atoms with Gasteiger partial charge in [-0.05, 0) is 47.7 Å². The van der Waals surface area contributed by atoms with Gasteiger partial charge in [0.15, 0.2) is 0 Å². The Labute approximate surface area is 113 Å². The van der Waals surface area contributed by atoms with Gasteiger partial charge in [-0.15, -0.1) is 0 Å². The number of ether oxygens (including phenoxy) is 1. The Morgan fingerprint density at radius 2 is 1.72 bits per heavy atom. The van der Waals surface area contributed by atoms with E-state index in [4.69, 9.17) is 10.5 Å². The molecule has 2 N–H and O–H groups in total. The molecule has 1 heterocycles. The van der Waals surface area contributed by atoms with E-state index in [2.05, 4.69) is 46.6 Å². The second kappa shape index (κ2) is 5.89. The first-order valence-corrected chi connectivity index (χ1v) is 7.35. The molecule has 1 saturated heterocycles. The van der Waals surface area contributed by atoms with Crippen LogP contribution in [-0.2, 0) is 4.74 Å². The third-order valence-corrected chi connectivity index (χ3v) is 4.31. The lowest BCUT2D eigenvalue weighted by atomic mass is 9.83. The first kappa shape index (κ1) is 15.9. The van der Waals surface area contributed by atoms with Crippen LogP contribution in [-0.4, -0.2) is 42.3 Å². The molecule has 3 nitrogen and oxygen atoms in total. The number of hydrogen-bond acceptors (Lipinski definition) is 3. The summed E-state index contributed by atoms with van der Waals surface area (Å²) < 4.78 is 6.14.